The molecular formula is C21H25FN2O3. The van der Waals surface area contributed by atoms with Crippen molar-refractivity contribution >= 4 is 5.91 Å². The molecule has 1 saturated heterocycles. The number of rotatable bonds is 6. The summed E-state index contributed by atoms with van der Waals surface area (Å²) in [5, 5.41) is 3.33. The molecule has 2 atom stereocenters. The number of carbonyl (C=O) groups is 1. The Kier molecular flexibility index (Phi) is 6.42. The number of morpholine rings is 1. The van der Waals surface area contributed by atoms with Gasteiger partial charge < -0.3 is 14.4 Å². The van der Waals surface area contributed by atoms with Gasteiger partial charge in [0.25, 0.3) is 0 Å². The quantitative estimate of drug-likeness (QED) is 0.847. The number of carbonyl (C=O) groups excluding carboxylic acids is 1. The highest BCUT2D eigenvalue weighted by Gasteiger charge is 2.22. The van der Waals surface area contributed by atoms with Crippen LogP contribution in [0.15, 0.2) is 48.5 Å². The Balaban J connectivity index is 1.75. The molecule has 0 bridgehead atoms. The van der Waals surface area contributed by atoms with E-state index in [-0.39, 0.29) is 30.4 Å². The Labute approximate surface area is 159 Å². The predicted molar refractivity (Wildman–Crippen MR) is 101 cm³/mol. The standard InChI is InChI=1S/C21H25FN2O3/c1-15-14-24(11-12-27-15)20(25)13-23-21(16-3-7-18(22)8-4-16)17-5-9-19(26-2)10-6-17/h3-10,15,21,23H,11-14H2,1-2H3. The smallest absolute Gasteiger partial charge is 0.236 e. The van der Waals surface area contributed by atoms with E-state index in [0.717, 1.165) is 16.9 Å². The summed E-state index contributed by atoms with van der Waals surface area (Å²) in [7, 11) is 1.62. The molecule has 3 rings (SSSR count). The molecule has 5 nitrogen and oxygen atoms in total. The summed E-state index contributed by atoms with van der Waals surface area (Å²) in [6.45, 7) is 3.93. The summed E-state index contributed by atoms with van der Waals surface area (Å²) in [5.74, 6) is 0.506. The highest BCUT2D eigenvalue weighted by atomic mass is 19.1. The second-order valence-corrected chi connectivity index (χ2v) is 6.66. The molecule has 144 valence electrons. The molecule has 6 heteroatoms. The third-order valence-corrected chi connectivity index (χ3v) is 4.70. The number of ether oxygens (including phenoxy) is 2. The van der Waals surface area contributed by atoms with Crippen LogP contribution in [-0.4, -0.2) is 50.3 Å². The summed E-state index contributed by atoms with van der Waals surface area (Å²) in [6, 6.07) is 13.7. The lowest BCUT2D eigenvalue weighted by Gasteiger charge is -2.32. The van der Waals surface area contributed by atoms with Gasteiger partial charge in [-0.25, -0.2) is 4.39 Å². The Morgan fingerprint density at radius 1 is 1.22 bits per heavy atom. The largest absolute Gasteiger partial charge is 0.497 e. The van der Waals surface area contributed by atoms with Gasteiger partial charge in [0.2, 0.25) is 5.91 Å². The second kappa shape index (κ2) is 8.97. The number of nitrogens with zero attached hydrogens (tertiary/aromatic N) is 1. The molecule has 0 spiro atoms. The van der Waals surface area contributed by atoms with Gasteiger partial charge in [0.05, 0.1) is 32.4 Å². The molecule has 0 aromatic heterocycles. The van der Waals surface area contributed by atoms with Gasteiger partial charge in [-0.1, -0.05) is 24.3 Å². The fourth-order valence-corrected chi connectivity index (χ4v) is 3.23. The van der Waals surface area contributed by atoms with Crippen molar-refractivity contribution in [2.45, 2.75) is 19.1 Å². The van der Waals surface area contributed by atoms with Gasteiger partial charge in [0, 0.05) is 13.1 Å². The lowest BCUT2D eigenvalue weighted by Crippen LogP contribution is -2.48. The molecule has 1 heterocycles. The van der Waals surface area contributed by atoms with Crippen LogP contribution >= 0.6 is 0 Å². The molecule has 1 N–H and O–H groups in total. The molecule has 1 amide bonds. The molecule has 1 aliphatic rings. The molecule has 2 aromatic carbocycles. The lowest BCUT2D eigenvalue weighted by atomic mass is 9.98. The fourth-order valence-electron chi connectivity index (χ4n) is 3.23. The highest BCUT2D eigenvalue weighted by Crippen LogP contribution is 2.24. The summed E-state index contributed by atoms with van der Waals surface area (Å²) in [6.07, 6.45) is 0.0529. The Hall–Kier alpha value is -2.44. The Bertz CT molecular complexity index is 749. The maximum Gasteiger partial charge on any atom is 0.236 e. The number of methoxy groups -OCH3 is 1. The minimum atomic E-state index is -0.286. The summed E-state index contributed by atoms with van der Waals surface area (Å²) in [5.41, 5.74) is 1.87. The SMILES string of the molecule is COc1ccc(C(NCC(=O)N2CCOC(C)C2)c2ccc(F)cc2)cc1. The number of hydrogen-bond donors (Lipinski definition) is 1. The minimum absolute atomic E-state index is 0.0331. The zero-order valence-corrected chi connectivity index (χ0v) is 15.7. The molecular weight excluding hydrogens is 347 g/mol. The molecule has 27 heavy (non-hydrogen) atoms. The van der Waals surface area contributed by atoms with E-state index >= 15 is 0 Å². The van der Waals surface area contributed by atoms with Gasteiger partial charge in [0.1, 0.15) is 11.6 Å². The van der Waals surface area contributed by atoms with Crippen molar-refractivity contribution in [2.75, 3.05) is 33.4 Å². The van der Waals surface area contributed by atoms with Gasteiger partial charge >= 0.3 is 0 Å². The van der Waals surface area contributed by atoms with Gasteiger partial charge in [0.15, 0.2) is 0 Å². The third kappa shape index (κ3) is 5.05. The first kappa shape index (κ1) is 19.3. The van der Waals surface area contributed by atoms with Crippen LogP contribution in [0, 0.1) is 5.82 Å². The molecule has 0 aliphatic carbocycles. The van der Waals surface area contributed by atoms with Gasteiger partial charge in [-0.2, -0.15) is 0 Å². The van der Waals surface area contributed by atoms with E-state index in [1.54, 1.807) is 19.2 Å². The van der Waals surface area contributed by atoms with Crippen molar-refractivity contribution in [1.29, 1.82) is 0 Å². The van der Waals surface area contributed by atoms with Crippen LogP contribution in [0.1, 0.15) is 24.1 Å². The number of benzene rings is 2. The molecule has 2 aromatic rings. The fraction of sp³-hybridized carbons (Fsp3) is 0.381. The maximum absolute atomic E-state index is 13.3. The zero-order valence-electron chi connectivity index (χ0n) is 15.7. The third-order valence-electron chi connectivity index (χ3n) is 4.70. The van der Waals surface area contributed by atoms with Crippen LogP contribution in [0.5, 0.6) is 5.75 Å². The van der Waals surface area contributed by atoms with Crippen LogP contribution in [0.4, 0.5) is 4.39 Å². The van der Waals surface area contributed by atoms with Crippen LogP contribution in [0.2, 0.25) is 0 Å². The number of hydrogen-bond acceptors (Lipinski definition) is 4. The Morgan fingerprint density at radius 2 is 1.85 bits per heavy atom. The molecule has 0 saturated carbocycles. The topological polar surface area (TPSA) is 50.8 Å². The first-order chi connectivity index (χ1) is 13.1. The van der Waals surface area contributed by atoms with E-state index in [1.807, 2.05) is 36.1 Å². The van der Waals surface area contributed by atoms with Gasteiger partial charge in [-0.05, 0) is 42.3 Å². The maximum atomic E-state index is 13.3. The lowest BCUT2D eigenvalue weighted by molar-refractivity contribution is -0.137. The number of amides is 1. The molecule has 1 fully saturated rings. The first-order valence-corrected chi connectivity index (χ1v) is 9.09. The van der Waals surface area contributed by atoms with Crippen LogP contribution < -0.4 is 10.1 Å². The van der Waals surface area contributed by atoms with Gasteiger partial charge in [-0.3, -0.25) is 10.1 Å². The van der Waals surface area contributed by atoms with Crippen molar-refractivity contribution in [3.63, 3.8) is 0 Å². The molecule has 0 radical (unpaired) electrons. The van der Waals surface area contributed by atoms with E-state index in [1.165, 1.54) is 12.1 Å². The summed E-state index contributed by atoms with van der Waals surface area (Å²) >= 11 is 0. The normalized spacial score (nSPS) is 18.2. The summed E-state index contributed by atoms with van der Waals surface area (Å²) in [4.78, 5) is 14.4. The second-order valence-electron chi connectivity index (χ2n) is 6.66. The number of nitrogens with one attached hydrogen (secondary N) is 1. The average Bonchev–Trinajstić information content (AvgIpc) is 2.69. The van der Waals surface area contributed by atoms with Crippen molar-refractivity contribution in [1.82, 2.24) is 10.2 Å². The van der Waals surface area contributed by atoms with E-state index in [2.05, 4.69) is 5.32 Å². The van der Waals surface area contributed by atoms with E-state index in [9.17, 15) is 9.18 Å². The van der Waals surface area contributed by atoms with E-state index in [0.29, 0.717) is 19.7 Å². The van der Waals surface area contributed by atoms with Crippen molar-refractivity contribution in [3.8, 4) is 5.75 Å². The van der Waals surface area contributed by atoms with E-state index in [4.69, 9.17) is 9.47 Å². The molecule has 2 unspecified atom stereocenters. The first-order valence-electron chi connectivity index (χ1n) is 9.09. The average molecular weight is 372 g/mol. The number of halogens is 1. The van der Waals surface area contributed by atoms with Crippen LogP contribution in [0.25, 0.3) is 0 Å². The monoisotopic (exact) mass is 372 g/mol. The molecule has 1 aliphatic heterocycles. The van der Waals surface area contributed by atoms with Crippen molar-refractivity contribution < 1.29 is 18.7 Å². The summed E-state index contributed by atoms with van der Waals surface area (Å²) < 4.78 is 24.0. The van der Waals surface area contributed by atoms with Crippen LogP contribution in [0.3, 0.4) is 0 Å². The zero-order chi connectivity index (χ0) is 19.2. The Morgan fingerprint density at radius 3 is 2.44 bits per heavy atom. The van der Waals surface area contributed by atoms with E-state index < -0.39 is 0 Å². The van der Waals surface area contributed by atoms with Crippen molar-refractivity contribution in [3.05, 3.63) is 65.5 Å². The van der Waals surface area contributed by atoms with Gasteiger partial charge in [-0.15, -0.1) is 0 Å². The predicted octanol–water partition coefficient (Wildman–Crippen LogP) is 2.76. The highest BCUT2D eigenvalue weighted by molar-refractivity contribution is 5.78. The van der Waals surface area contributed by atoms with Crippen LogP contribution in [-0.2, 0) is 9.53 Å². The minimum Gasteiger partial charge on any atom is -0.497 e. The van der Waals surface area contributed by atoms with Crippen molar-refractivity contribution in [2.24, 2.45) is 0 Å².